The summed E-state index contributed by atoms with van der Waals surface area (Å²) in [5, 5.41) is 11.2. The number of nitrogens with zero attached hydrogens (tertiary/aromatic N) is 3. The molecule has 182 valence electrons. The van der Waals surface area contributed by atoms with E-state index in [1.54, 1.807) is 0 Å². The van der Waals surface area contributed by atoms with Crippen LogP contribution in [0.3, 0.4) is 0 Å². The van der Waals surface area contributed by atoms with Crippen molar-refractivity contribution in [1.82, 2.24) is 14.5 Å². The molecule has 2 fully saturated rings. The summed E-state index contributed by atoms with van der Waals surface area (Å²) in [7, 11) is -5.62. The van der Waals surface area contributed by atoms with Gasteiger partial charge in [0, 0.05) is 0 Å². The number of aliphatic hydroxyl groups is 1. The van der Waals surface area contributed by atoms with E-state index in [4.69, 9.17) is 23.4 Å². The van der Waals surface area contributed by atoms with Crippen molar-refractivity contribution in [2.45, 2.75) is 102 Å². The summed E-state index contributed by atoms with van der Waals surface area (Å²) in [6.45, 7) is 17.2. The molecule has 2 saturated heterocycles. The fraction of sp³-hybridized carbons (Fsp3) is 0.850. The Bertz CT molecular complexity index is 849. The number of anilines is 1. The lowest BCUT2D eigenvalue weighted by Crippen LogP contribution is -2.65. The first kappa shape index (κ1) is 25.5. The summed E-state index contributed by atoms with van der Waals surface area (Å²) in [6.07, 6.45) is -2.13. The molecule has 1 unspecified atom stereocenters. The Hall–Kier alpha value is -1.16. The Labute approximate surface area is 191 Å². The third-order valence-electron chi connectivity index (χ3n) is 6.66. The van der Waals surface area contributed by atoms with Crippen molar-refractivity contribution >= 4 is 23.1 Å². The number of hydrogen-bond donors (Lipinski definition) is 2. The summed E-state index contributed by atoms with van der Waals surface area (Å²) >= 11 is 0. The SMILES string of the molecule is CC(C)[Si]1(C(C)C)OC[C@@H]2O[C@H](n3cnc(N)nc3=O)[C@H](O)C2O[Si](C(C)C)(C(C)C)O1. The molecule has 2 aliphatic heterocycles. The van der Waals surface area contributed by atoms with Crippen molar-refractivity contribution < 1.29 is 22.8 Å². The molecule has 0 bridgehead atoms. The normalized spacial score (nSPS) is 30.0. The molecule has 0 radical (unpaired) electrons. The fourth-order valence-electron chi connectivity index (χ4n) is 4.90. The minimum atomic E-state index is -2.90. The van der Waals surface area contributed by atoms with Crippen LogP contribution in [0.2, 0.25) is 22.2 Å². The van der Waals surface area contributed by atoms with E-state index in [0.29, 0.717) is 0 Å². The van der Waals surface area contributed by atoms with Crippen LogP contribution in [-0.4, -0.2) is 61.7 Å². The van der Waals surface area contributed by atoms with Crippen LogP contribution in [-0.2, 0) is 17.7 Å². The summed E-state index contributed by atoms with van der Waals surface area (Å²) in [5.74, 6) is -0.131. The quantitative estimate of drug-likeness (QED) is 0.602. The molecule has 10 nitrogen and oxygen atoms in total. The zero-order valence-corrected chi connectivity index (χ0v) is 22.3. The van der Waals surface area contributed by atoms with Gasteiger partial charge < -0.3 is 28.5 Å². The minimum absolute atomic E-state index is 0.114. The van der Waals surface area contributed by atoms with Crippen molar-refractivity contribution in [2.24, 2.45) is 0 Å². The van der Waals surface area contributed by atoms with E-state index in [1.807, 2.05) is 0 Å². The molecule has 32 heavy (non-hydrogen) atoms. The molecule has 0 amide bonds. The third-order valence-corrected chi connectivity index (χ3v) is 16.9. The zero-order chi connectivity index (χ0) is 24.0. The summed E-state index contributed by atoms with van der Waals surface area (Å²) in [5.41, 5.74) is 5.50. The Balaban J connectivity index is 2.07. The number of nitrogens with two attached hydrogens (primary N) is 1. The average Bonchev–Trinajstić information content (AvgIpc) is 2.96. The van der Waals surface area contributed by atoms with Crippen molar-refractivity contribution in [1.29, 1.82) is 0 Å². The molecule has 3 rings (SSSR count). The molecule has 0 spiro atoms. The van der Waals surface area contributed by atoms with Crippen LogP contribution in [0.4, 0.5) is 5.95 Å². The van der Waals surface area contributed by atoms with E-state index < -0.39 is 47.4 Å². The van der Waals surface area contributed by atoms with Gasteiger partial charge in [0.25, 0.3) is 0 Å². The van der Waals surface area contributed by atoms with Crippen molar-refractivity contribution in [3.8, 4) is 0 Å². The summed E-state index contributed by atoms with van der Waals surface area (Å²) < 4.78 is 27.9. The number of fused-ring (bicyclic) bond motifs is 1. The van der Waals surface area contributed by atoms with Gasteiger partial charge in [-0.2, -0.15) is 4.98 Å². The Morgan fingerprint density at radius 2 is 1.62 bits per heavy atom. The van der Waals surface area contributed by atoms with Gasteiger partial charge in [0.05, 0.1) is 6.61 Å². The molecule has 1 aromatic rings. The van der Waals surface area contributed by atoms with Gasteiger partial charge in [0.1, 0.15) is 24.6 Å². The predicted octanol–water partition coefficient (Wildman–Crippen LogP) is 2.44. The van der Waals surface area contributed by atoms with Gasteiger partial charge in [-0.1, -0.05) is 55.4 Å². The maximum absolute atomic E-state index is 12.4. The number of rotatable bonds is 5. The average molecular weight is 487 g/mol. The molecule has 3 heterocycles. The lowest BCUT2D eigenvalue weighted by molar-refractivity contribution is -0.0604. The molecule has 12 heteroatoms. The highest BCUT2D eigenvalue weighted by Crippen LogP contribution is 2.48. The zero-order valence-electron chi connectivity index (χ0n) is 20.3. The monoisotopic (exact) mass is 486 g/mol. The van der Waals surface area contributed by atoms with Gasteiger partial charge in [-0.3, -0.25) is 4.57 Å². The van der Waals surface area contributed by atoms with Gasteiger partial charge >= 0.3 is 22.8 Å². The molecular formula is C20H38N4O6Si2. The highest BCUT2D eigenvalue weighted by molar-refractivity contribution is 6.83. The van der Waals surface area contributed by atoms with Crippen LogP contribution in [0.1, 0.15) is 61.6 Å². The predicted molar refractivity (Wildman–Crippen MR) is 124 cm³/mol. The second kappa shape index (κ2) is 9.24. The molecule has 2 aliphatic rings. The topological polar surface area (TPSA) is 131 Å². The second-order valence-electron chi connectivity index (χ2n) is 10.0. The largest absolute Gasteiger partial charge is 0.414 e. The first-order chi connectivity index (χ1) is 14.9. The molecule has 1 aromatic heterocycles. The van der Waals surface area contributed by atoms with Crippen LogP contribution in [0.15, 0.2) is 11.1 Å². The third kappa shape index (κ3) is 4.21. The van der Waals surface area contributed by atoms with E-state index in [9.17, 15) is 9.90 Å². The summed E-state index contributed by atoms with van der Waals surface area (Å²) in [4.78, 5) is 19.9. The number of aromatic nitrogens is 3. The van der Waals surface area contributed by atoms with Gasteiger partial charge in [0.15, 0.2) is 6.23 Å². The van der Waals surface area contributed by atoms with Crippen molar-refractivity contribution in [3.05, 3.63) is 16.8 Å². The lowest BCUT2D eigenvalue weighted by Gasteiger charge is -2.51. The number of ether oxygens (including phenoxy) is 1. The van der Waals surface area contributed by atoms with Crippen molar-refractivity contribution in [3.63, 3.8) is 0 Å². The molecule has 0 aliphatic carbocycles. The van der Waals surface area contributed by atoms with E-state index in [-0.39, 0.29) is 34.7 Å². The first-order valence-corrected chi connectivity index (χ1v) is 15.4. The highest BCUT2D eigenvalue weighted by atomic mass is 28.5. The standard InChI is InChI=1S/C20H38N4O6Si2/c1-11(2)31(12(3)4)27-9-15-17(29-32(30-31,13(5)6)14(7)8)16(25)18(28-15)24-10-22-19(21)23-20(24)26/h10-18,25H,9H2,1-8H3,(H2,21,23,26)/t15-,16+,17?,18-/m0/s1. The molecule has 3 N–H and O–H groups in total. The molecule has 0 saturated carbocycles. The minimum Gasteiger partial charge on any atom is -0.414 e. The molecule has 0 aromatic carbocycles. The highest BCUT2D eigenvalue weighted by Gasteiger charge is 2.61. The van der Waals surface area contributed by atoms with Gasteiger partial charge in [-0.05, 0) is 22.2 Å². The number of aliphatic hydroxyl groups excluding tert-OH is 1. The molecular weight excluding hydrogens is 448 g/mol. The maximum Gasteiger partial charge on any atom is 0.354 e. The first-order valence-electron chi connectivity index (χ1n) is 11.4. The van der Waals surface area contributed by atoms with Crippen LogP contribution < -0.4 is 11.4 Å². The van der Waals surface area contributed by atoms with Crippen molar-refractivity contribution in [2.75, 3.05) is 12.3 Å². The Kier molecular flexibility index (Phi) is 7.35. The van der Waals surface area contributed by atoms with Crippen LogP contribution in [0.25, 0.3) is 0 Å². The smallest absolute Gasteiger partial charge is 0.354 e. The lowest BCUT2D eigenvalue weighted by atomic mass is 10.1. The van der Waals surface area contributed by atoms with Crippen LogP contribution in [0, 0.1) is 0 Å². The summed E-state index contributed by atoms with van der Waals surface area (Å²) in [6, 6.07) is 0. The van der Waals surface area contributed by atoms with E-state index in [2.05, 4.69) is 65.4 Å². The van der Waals surface area contributed by atoms with Gasteiger partial charge in [0.2, 0.25) is 5.95 Å². The maximum atomic E-state index is 12.4. The fourth-order valence-corrected chi connectivity index (χ4v) is 16.1. The van der Waals surface area contributed by atoms with E-state index >= 15 is 0 Å². The van der Waals surface area contributed by atoms with Gasteiger partial charge in [-0.15, -0.1) is 0 Å². The van der Waals surface area contributed by atoms with Crippen LogP contribution >= 0.6 is 0 Å². The van der Waals surface area contributed by atoms with E-state index in [0.717, 1.165) is 4.57 Å². The number of nitrogen functional groups attached to an aromatic ring is 1. The molecule has 4 atom stereocenters. The number of hydrogen-bond acceptors (Lipinski definition) is 9. The van der Waals surface area contributed by atoms with Crippen LogP contribution in [0.5, 0.6) is 0 Å². The second-order valence-corrected chi connectivity index (χ2v) is 18.9. The Morgan fingerprint density at radius 1 is 1.06 bits per heavy atom. The Morgan fingerprint density at radius 3 is 2.12 bits per heavy atom. The van der Waals surface area contributed by atoms with Gasteiger partial charge in [-0.25, -0.2) is 9.78 Å². The van der Waals surface area contributed by atoms with E-state index in [1.165, 1.54) is 6.33 Å².